The van der Waals surface area contributed by atoms with E-state index in [1.165, 1.54) is 24.4 Å². The van der Waals surface area contributed by atoms with Crippen molar-refractivity contribution in [1.29, 1.82) is 0 Å². The topological polar surface area (TPSA) is 98.5 Å². The SMILES string of the molecule is O=c1ccc(C2CC2)cn1-c1nc(Nc2ccnc(C(F)(F)F)c2)nc(-c2cccc(C(F)(F)F)n2)n1. The van der Waals surface area contributed by atoms with Gasteiger partial charge in [0.1, 0.15) is 17.1 Å². The molecule has 0 unspecified atom stereocenters. The number of hydrogen-bond donors (Lipinski definition) is 1. The van der Waals surface area contributed by atoms with E-state index in [2.05, 4.69) is 30.2 Å². The molecule has 8 nitrogen and oxygen atoms in total. The Labute approximate surface area is 204 Å². The second-order valence-corrected chi connectivity index (χ2v) is 8.19. The summed E-state index contributed by atoms with van der Waals surface area (Å²) >= 11 is 0. The predicted molar refractivity (Wildman–Crippen MR) is 118 cm³/mol. The summed E-state index contributed by atoms with van der Waals surface area (Å²) in [5.74, 6) is -0.632. The molecule has 14 heteroatoms. The van der Waals surface area contributed by atoms with Crippen molar-refractivity contribution in [2.24, 2.45) is 0 Å². The Bertz CT molecular complexity index is 1530. The van der Waals surface area contributed by atoms with E-state index in [0.717, 1.165) is 41.3 Å². The van der Waals surface area contributed by atoms with E-state index >= 15 is 0 Å². The molecule has 1 aliphatic carbocycles. The van der Waals surface area contributed by atoms with Crippen molar-refractivity contribution in [3.8, 4) is 17.5 Å². The monoisotopic (exact) mass is 519 g/mol. The number of alkyl halides is 6. The van der Waals surface area contributed by atoms with Gasteiger partial charge in [-0.1, -0.05) is 12.1 Å². The van der Waals surface area contributed by atoms with Crippen LogP contribution in [0.4, 0.5) is 38.0 Å². The molecule has 1 aliphatic rings. The largest absolute Gasteiger partial charge is 0.433 e. The Morgan fingerprint density at radius 3 is 2.32 bits per heavy atom. The maximum absolute atomic E-state index is 13.2. The highest BCUT2D eigenvalue weighted by atomic mass is 19.4. The number of rotatable bonds is 5. The molecule has 1 N–H and O–H groups in total. The fourth-order valence-electron chi connectivity index (χ4n) is 3.47. The zero-order chi connectivity index (χ0) is 26.4. The van der Waals surface area contributed by atoms with Crippen LogP contribution in [0.15, 0.2) is 59.7 Å². The molecule has 0 aliphatic heterocycles. The Kier molecular flexibility index (Phi) is 5.88. The Balaban J connectivity index is 1.63. The Morgan fingerprint density at radius 1 is 0.865 bits per heavy atom. The molecule has 1 saturated carbocycles. The number of aromatic nitrogens is 6. The molecule has 5 rings (SSSR count). The first kappa shape index (κ1) is 24.3. The third-order valence-corrected chi connectivity index (χ3v) is 5.40. The summed E-state index contributed by atoms with van der Waals surface area (Å²) in [6, 6.07) is 8.03. The van der Waals surface area contributed by atoms with Crippen LogP contribution in [-0.2, 0) is 12.4 Å². The number of hydrogen-bond acceptors (Lipinski definition) is 7. The average Bonchev–Trinajstić information content (AvgIpc) is 3.69. The molecular formula is C23H15F6N7O. The van der Waals surface area contributed by atoms with E-state index in [-0.39, 0.29) is 35.0 Å². The minimum absolute atomic E-state index is 0.0958. The summed E-state index contributed by atoms with van der Waals surface area (Å²) in [6.07, 6.45) is -5.14. The van der Waals surface area contributed by atoms with Crippen LogP contribution in [0.1, 0.15) is 35.7 Å². The van der Waals surface area contributed by atoms with Gasteiger partial charge in [0.15, 0.2) is 5.82 Å². The van der Waals surface area contributed by atoms with Crippen LogP contribution in [0.25, 0.3) is 17.5 Å². The van der Waals surface area contributed by atoms with Gasteiger partial charge in [-0.05, 0) is 48.6 Å². The van der Waals surface area contributed by atoms with Gasteiger partial charge in [-0.2, -0.15) is 41.3 Å². The van der Waals surface area contributed by atoms with Crippen LogP contribution in [0.5, 0.6) is 0 Å². The lowest BCUT2D eigenvalue weighted by molar-refractivity contribution is -0.141. The van der Waals surface area contributed by atoms with Crippen LogP contribution in [0.2, 0.25) is 0 Å². The molecule has 37 heavy (non-hydrogen) atoms. The van der Waals surface area contributed by atoms with Crippen molar-refractivity contribution < 1.29 is 26.3 Å². The first-order valence-electron chi connectivity index (χ1n) is 10.8. The van der Waals surface area contributed by atoms with Crippen molar-refractivity contribution in [3.63, 3.8) is 0 Å². The molecule has 0 saturated heterocycles. The number of pyridine rings is 3. The van der Waals surface area contributed by atoms with Crippen LogP contribution in [0, 0.1) is 0 Å². The van der Waals surface area contributed by atoms with Crippen molar-refractivity contribution in [3.05, 3.63) is 82.2 Å². The van der Waals surface area contributed by atoms with E-state index in [1.807, 2.05) is 0 Å². The summed E-state index contributed by atoms with van der Waals surface area (Å²) < 4.78 is 80.1. The van der Waals surface area contributed by atoms with Gasteiger partial charge in [0.2, 0.25) is 11.9 Å². The fraction of sp³-hybridized carbons (Fsp3) is 0.217. The Hall–Kier alpha value is -4.36. The predicted octanol–water partition coefficient (Wildman–Crippen LogP) is 5.14. The third-order valence-electron chi connectivity index (χ3n) is 5.40. The summed E-state index contributed by atoms with van der Waals surface area (Å²) in [6.45, 7) is 0. The number of anilines is 2. The van der Waals surface area contributed by atoms with Gasteiger partial charge in [-0.3, -0.25) is 14.3 Å². The average molecular weight is 519 g/mol. The molecule has 0 spiro atoms. The molecule has 0 radical (unpaired) electrons. The molecule has 0 bridgehead atoms. The van der Waals surface area contributed by atoms with Crippen LogP contribution < -0.4 is 10.9 Å². The van der Waals surface area contributed by atoms with Gasteiger partial charge in [0, 0.05) is 24.1 Å². The van der Waals surface area contributed by atoms with Gasteiger partial charge >= 0.3 is 12.4 Å². The van der Waals surface area contributed by atoms with Crippen molar-refractivity contribution >= 4 is 11.6 Å². The summed E-state index contributed by atoms with van der Waals surface area (Å²) in [5, 5.41) is 2.58. The molecule has 190 valence electrons. The molecule has 0 atom stereocenters. The fourth-order valence-corrected chi connectivity index (χ4v) is 3.47. The normalized spacial score (nSPS) is 14.0. The van der Waals surface area contributed by atoms with Gasteiger partial charge in [-0.25, -0.2) is 4.98 Å². The zero-order valence-corrected chi connectivity index (χ0v) is 18.5. The molecule has 4 aromatic heterocycles. The number of nitrogens with zero attached hydrogens (tertiary/aromatic N) is 6. The third kappa shape index (κ3) is 5.42. The maximum atomic E-state index is 13.2. The quantitative estimate of drug-likeness (QED) is 0.365. The van der Waals surface area contributed by atoms with Crippen LogP contribution in [0.3, 0.4) is 0 Å². The first-order chi connectivity index (χ1) is 17.5. The highest BCUT2D eigenvalue weighted by Gasteiger charge is 2.33. The number of halogens is 6. The second-order valence-electron chi connectivity index (χ2n) is 8.19. The van der Waals surface area contributed by atoms with Crippen molar-refractivity contribution in [2.75, 3.05) is 5.32 Å². The highest BCUT2D eigenvalue weighted by Crippen LogP contribution is 2.39. The van der Waals surface area contributed by atoms with Crippen LogP contribution >= 0.6 is 0 Å². The lowest BCUT2D eigenvalue weighted by atomic mass is 10.2. The molecule has 0 amide bonds. The van der Waals surface area contributed by atoms with E-state index in [4.69, 9.17) is 0 Å². The standard InChI is InChI=1S/C23H15F6N7O/c24-22(25,26)16-3-1-2-15(32-16)19-33-20(31-14-8-9-30-17(10-14)23(27,28)29)35-21(34-19)36-11-13(12-4-5-12)6-7-18(36)37/h1-3,6-12H,4-5H2,(H,30,31,33,34,35). The van der Waals surface area contributed by atoms with Gasteiger partial charge in [0.05, 0.1) is 0 Å². The number of nitrogens with one attached hydrogen (secondary N) is 1. The first-order valence-corrected chi connectivity index (χ1v) is 10.8. The van der Waals surface area contributed by atoms with Crippen LogP contribution in [-0.4, -0.2) is 29.5 Å². The van der Waals surface area contributed by atoms with Gasteiger partial charge in [-0.15, -0.1) is 0 Å². The minimum Gasteiger partial charge on any atom is -0.324 e. The van der Waals surface area contributed by atoms with Gasteiger partial charge < -0.3 is 5.32 Å². The highest BCUT2D eigenvalue weighted by molar-refractivity contribution is 5.58. The molecule has 0 aromatic carbocycles. The molecular weight excluding hydrogens is 504 g/mol. The van der Waals surface area contributed by atoms with Crippen molar-refractivity contribution in [1.82, 2.24) is 29.5 Å². The van der Waals surface area contributed by atoms with E-state index in [9.17, 15) is 31.1 Å². The summed E-state index contributed by atoms with van der Waals surface area (Å²) in [7, 11) is 0. The summed E-state index contributed by atoms with van der Waals surface area (Å²) in [5.41, 5.74) is -2.43. The molecule has 4 heterocycles. The minimum atomic E-state index is -4.74. The summed E-state index contributed by atoms with van der Waals surface area (Å²) in [4.78, 5) is 31.8. The lowest BCUT2D eigenvalue weighted by Gasteiger charge is -2.13. The molecule has 4 aromatic rings. The van der Waals surface area contributed by atoms with Crippen molar-refractivity contribution in [2.45, 2.75) is 31.1 Å². The van der Waals surface area contributed by atoms with E-state index in [0.29, 0.717) is 6.07 Å². The zero-order valence-electron chi connectivity index (χ0n) is 18.5. The van der Waals surface area contributed by atoms with E-state index in [1.54, 1.807) is 6.07 Å². The lowest BCUT2D eigenvalue weighted by Crippen LogP contribution is -2.21. The molecule has 1 fully saturated rings. The van der Waals surface area contributed by atoms with Gasteiger partial charge in [0.25, 0.3) is 5.56 Å². The smallest absolute Gasteiger partial charge is 0.324 e. The maximum Gasteiger partial charge on any atom is 0.433 e. The Morgan fingerprint density at radius 2 is 1.62 bits per heavy atom. The second kappa shape index (κ2) is 8.94. The van der Waals surface area contributed by atoms with E-state index < -0.39 is 29.3 Å².